The molecule has 2 atom stereocenters. The van der Waals surface area contributed by atoms with Crippen LogP contribution in [-0.4, -0.2) is 23.8 Å². The normalized spacial score (nSPS) is 15.0. The second-order valence-corrected chi connectivity index (χ2v) is 6.61. The maximum absolute atomic E-state index is 4.66. The molecule has 0 N–H and O–H groups in total. The van der Waals surface area contributed by atoms with Gasteiger partial charge in [0.1, 0.15) is 5.84 Å². The number of aliphatic imine (C=N–C) groups is 1. The minimum absolute atomic E-state index is 0.334. The molecule has 1 rings (SSSR count). The van der Waals surface area contributed by atoms with Crippen molar-refractivity contribution < 1.29 is 0 Å². The Labute approximate surface area is 148 Å². The quantitative estimate of drug-likeness (QED) is 0.363. The minimum atomic E-state index is 0.334. The second-order valence-electron chi connectivity index (χ2n) is 6.61. The molecule has 2 nitrogen and oxygen atoms in total. The van der Waals surface area contributed by atoms with Crippen molar-refractivity contribution >= 4 is 5.84 Å². The van der Waals surface area contributed by atoms with Gasteiger partial charge in [0.05, 0.1) is 5.70 Å². The molecule has 0 aromatic heterocycles. The molecule has 0 saturated heterocycles. The third-order valence-electron chi connectivity index (χ3n) is 5.00. The molecule has 0 radical (unpaired) electrons. The van der Waals surface area contributed by atoms with Gasteiger partial charge in [-0.3, -0.25) is 0 Å². The predicted octanol–water partition coefficient (Wildman–Crippen LogP) is 5.87. The van der Waals surface area contributed by atoms with Crippen LogP contribution in [0.2, 0.25) is 0 Å². The zero-order chi connectivity index (χ0) is 18.4. The van der Waals surface area contributed by atoms with Gasteiger partial charge >= 0.3 is 0 Å². The lowest BCUT2D eigenvalue weighted by molar-refractivity contribution is 0.344. The summed E-state index contributed by atoms with van der Waals surface area (Å²) in [6.45, 7) is 20.8. The van der Waals surface area contributed by atoms with Crippen LogP contribution in [0.15, 0.2) is 65.3 Å². The van der Waals surface area contributed by atoms with Crippen LogP contribution in [0.1, 0.15) is 51.7 Å². The number of aryl methyl sites for hydroxylation is 1. The topological polar surface area (TPSA) is 15.6 Å². The molecule has 0 aliphatic heterocycles. The van der Waals surface area contributed by atoms with Crippen LogP contribution in [0, 0.1) is 6.92 Å². The van der Waals surface area contributed by atoms with Crippen LogP contribution >= 0.6 is 0 Å². The number of benzene rings is 1. The van der Waals surface area contributed by atoms with Gasteiger partial charge in [-0.15, -0.1) is 0 Å². The van der Waals surface area contributed by atoms with Gasteiger partial charge in [-0.25, -0.2) is 4.99 Å². The van der Waals surface area contributed by atoms with E-state index in [1.54, 1.807) is 0 Å². The summed E-state index contributed by atoms with van der Waals surface area (Å²) in [6, 6.07) is 9.11. The Morgan fingerprint density at radius 1 is 1.12 bits per heavy atom. The Balaban J connectivity index is 2.88. The molecule has 1 aromatic rings. The van der Waals surface area contributed by atoms with E-state index >= 15 is 0 Å². The first kappa shape index (κ1) is 20.0. The Hall–Kier alpha value is -2.09. The van der Waals surface area contributed by atoms with Crippen molar-refractivity contribution in [2.24, 2.45) is 4.99 Å². The highest BCUT2D eigenvalue weighted by Gasteiger charge is 2.19. The highest BCUT2D eigenvalue weighted by Crippen LogP contribution is 2.24. The molecule has 0 spiro atoms. The van der Waals surface area contributed by atoms with Crippen LogP contribution in [0.25, 0.3) is 0 Å². The molecule has 0 heterocycles. The molecule has 0 bridgehead atoms. The van der Waals surface area contributed by atoms with E-state index in [0.717, 1.165) is 22.7 Å². The third-order valence-corrected chi connectivity index (χ3v) is 5.00. The molecule has 0 saturated carbocycles. The number of hydrogen-bond donors (Lipinski definition) is 0. The van der Waals surface area contributed by atoms with Crippen molar-refractivity contribution in [3.05, 3.63) is 71.5 Å². The monoisotopic (exact) mass is 324 g/mol. The summed E-state index contributed by atoms with van der Waals surface area (Å²) in [7, 11) is 2.09. The zero-order valence-corrected chi connectivity index (χ0v) is 16.4. The van der Waals surface area contributed by atoms with Crippen molar-refractivity contribution in [1.82, 2.24) is 4.90 Å². The Morgan fingerprint density at radius 3 is 2.17 bits per heavy atom. The van der Waals surface area contributed by atoms with Crippen LogP contribution in [0.3, 0.4) is 0 Å². The van der Waals surface area contributed by atoms with Crippen LogP contribution < -0.4 is 0 Å². The third kappa shape index (κ3) is 4.95. The first-order chi connectivity index (χ1) is 11.2. The van der Waals surface area contributed by atoms with Gasteiger partial charge in [-0.1, -0.05) is 56.0 Å². The minimum Gasteiger partial charge on any atom is -0.360 e. The van der Waals surface area contributed by atoms with Crippen molar-refractivity contribution in [2.45, 2.75) is 53.5 Å². The van der Waals surface area contributed by atoms with Crippen LogP contribution in [-0.2, 0) is 0 Å². The van der Waals surface area contributed by atoms with Gasteiger partial charge < -0.3 is 4.90 Å². The summed E-state index contributed by atoms with van der Waals surface area (Å²) in [5, 5.41) is 0. The lowest BCUT2D eigenvalue weighted by Gasteiger charge is -2.32. The van der Waals surface area contributed by atoms with Gasteiger partial charge in [0.15, 0.2) is 0 Å². The molecular weight excluding hydrogens is 292 g/mol. The fourth-order valence-corrected chi connectivity index (χ4v) is 2.52. The van der Waals surface area contributed by atoms with Crippen molar-refractivity contribution in [2.75, 3.05) is 7.05 Å². The highest BCUT2D eigenvalue weighted by atomic mass is 15.2. The number of amidine groups is 1. The highest BCUT2D eigenvalue weighted by molar-refractivity contribution is 5.81. The van der Waals surface area contributed by atoms with Crippen LogP contribution in [0.4, 0.5) is 0 Å². The van der Waals surface area contributed by atoms with E-state index in [1.807, 2.05) is 26.8 Å². The Kier molecular flexibility index (Phi) is 7.21. The summed E-state index contributed by atoms with van der Waals surface area (Å²) >= 11 is 0. The molecule has 2 heteroatoms. The van der Waals surface area contributed by atoms with E-state index in [4.69, 9.17) is 0 Å². The molecule has 24 heavy (non-hydrogen) atoms. The fourth-order valence-electron chi connectivity index (χ4n) is 2.52. The Morgan fingerprint density at radius 2 is 1.67 bits per heavy atom. The standard InChI is InChI=1S/C22H32N2/c1-10-16(3)17(4)19(6)23-21(8)24(9)20(7)18(5)22-13-11-15(2)12-14-22/h10-14,18,20H,4,6H2,1-3,5,7-9H3/b16-10-,23-21-. The molecular formula is C22H32N2. The molecule has 1 aromatic carbocycles. The molecule has 0 amide bonds. The maximum Gasteiger partial charge on any atom is 0.102 e. The summed E-state index contributed by atoms with van der Waals surface area (Å²) in [4.78, 5) is 6.88. The van der Waals surface area contributed by atoms with Gasteiger partial charge in [0.2, 0.25) is 0 Å². The van der Waals surface area contributed by atoms with E-state index < -0.39 is 0 Å². The smallest absolute Gasteiger partial charge is 0.102 e. The average molecular weight is 325 g/mol. The van der Waals surface area contributed by atoms with Gasteiger partial charge in [-0.05, 0) is 51.3 Å². The Bertz CT molecular complexity index is 647. The van der Waals surface area contributed by atoms with E-state index in [-0.39, 0.29) is 0 Å². The van der Waals surface area contributed by atoms with Crippen molar-refractivity contribution in [3.63, 3.8) is 0 Å². The molecule has 130 valence electrons. The first-order valence-electron chi connectivity index (χ1n) is 8.55. The SMILES string of the molecule is C=C(/N=C(/C)N(C)C(C)C(C)c1ccc(C)cc1)C(=C)/C(C)=C\C. The van der Waals surface area contributed by atoms with Crippen LogP contribution in [0.5, 0.6) is 0 Å². The lowest BCUT2D eigenvalue weighted by atomic mass is 9.93. The summed E-state index contributed by atoms with van der Waals surface area (Å²) < 4.78 is 0. The van der Waals surface area contributed by atoms with Gasteiger partial charge in [0.25, 0.3) is 0 Å². The van der Waals surface area contributed by atoms with E-state index in [1.165, 1.54) is 11.1 Å². The number of likely N-dealkylation sites (N-methyl/N-ethyl adjacent to an activating group) is 1. The predicted molar refractivity (Wildman–Crippen MR) is 108 cm³/mol. The fraction of sp³-hybridized carbons (Fsp3) is 0.409. The van der Waals surface area contributed by atoms with E-state index in [2.05, 4.69) is 75.1 Å². The van der Waals surface area contributed by atoms with Crippen molar-refractivity contribution in [1.29, 1.82) is 0 Å². The molecule has 0 aliphatic rings. The summed E-state index contributed by atoms with van der Waals surface area (Å²) in [6.07, 6.45) is 2.03. The zero-order valence-electron chi connectivity index (χ0n) is 16.4. The first-order valence-corrected chi connectivity index (χ1v) is 8.55. The summed E-state index contributed by atoms with van der Waals surface area (Å²) in [5.41, 5.74) is 5.37. The molecule has 2 unspecified atom stereocenters. The summed E-state index contributed by atoms with van der Waals surface area (Å²) in [5.74, 6) is 1.37. The van der Waals surface area contributed by atoms with E-state index in [0.29, 0.717) is 12.0 Å². The number of hydrogen-bond acceptors (Lipinski definition) is 1. The number of nitrogens with zero attached hydrogens (tertiary/aromatic N) is 2. The maximum atomic E-state index is 4.66. The molecule has 0 fully saturated rings. The average Bonchev–Trinajstić information content (AvgIpc) is 2.58. The van der Waals surface area contributed by atoms with Gasteiger partial charge in [0, 0.05) is 19.0 Å². The van der Waals surface area contributed by atoms with Gasteiger partial charge in [-0.2, -0.15) is 0 Å². The van der Waals surface area contributed by atoms with Crippen molar-refractivity contribution in [3.8, 4) is 0 Å². The second kappa shape index (κ2) is 8.68. The number of rotatable bonds is 6. The lowest BCUT2D eigenvalue weighted by Crippen LogP contribution is -2.37. The molecule has 0 aliphatic carbocycles. The van der Waals surface area contributed by atoms with E-state index in [9.17, 15) is 0 Å². The number of allylic oxidation sites excluding steroid dienone is 2. The largest absolute Gasteiger partial charge is 0.360 e.